The molecular weight excluding hydrogens is 250 g/mol. The number of methoxy groups -OCH3 is 1. The van der Waals surface area contributed by atoms with E-state index in [9.17, 15) is 4.79 Å². The van der Waals surface area contributed by atoms with Gasteiger partial charge in [0.1, 0.15) is 0 Å². The summed E-state index contributed by atoms with van der Waals surface area (Å²) < 4.78 is 7.30. The Morgan fingerprint density at radius 1 is 1.30 bits per heavy atom. The Labute approximate surface area is 120 Å². The molecule has 0 unspecified atom stereocenters. The highest BCUT2D eigenvalue weighted by Gasteiger charge is 2.17. The quantitative estimate of drug-likeness (QED) is 0.773. The smallest absolute Gasteiger partial charge is 0.176 e. The molecule has 1 heterocycles. The second-order valence-electron chi connectivity index (χ2n) is 5.68. The van der Waals surface area contributed by atoms with Gasteiger partial charge in [0, 0.05) is 26.0 Å². The van der Waals surface area contributed by atoms with Crippen molar-refractivity contribution in [2.24, 2.45) is 0 Å². The minimum Gasteiger partial charge on any atom is -0.383 e. The van der Waals surface area contributed by atoms with Crippen LogP contribution in [-0.2, 0) is 11.3 Å². The van der Waals surface area contributed by atoms with Crippen LogP contribution in [-0.4, -0.2) is 24.1 Å². The molecule has 0 fully saturated rings. The molecule has 0 bridgehead atoms. The zero-order chi connectivity index (χ0) is 14.9. The molecule has 0 amide bonds. The molecule has 0 radical (unpaired) electrons. The fraction of sp³-hybridized carbons (Fsp3) is 0.471. The Hall–Kier alpha value is -1.61. The lowest BCUT2D eigenvalue weighted by Gasteiger charge is -2.14. The van der Waals surface area contributed by atoms with E-state index in [2.05, 4.69) is 37.5 Å². The fourth-order valence-electron chi connectivity index (χ4n) is 2.75. The Balaban J connectivity index is 2.75. The molecule has 0 aliphatic carbocycles. The van der Waals surface area contributed by atoms with Gasteiger partial charge in [-0.3, -0.25) is 4.79 Å². The molecule has 0 N–H and O–H groups in total. The molecule has 3 nitrogen and oxygen atoms in total. The topological polar surface area (TPSA) is 31.2 Å². The van der Waals surface area contributed by atoms with Gasteiger partial charge >= 0.3 is 0 Å². The summed E-state index contributed by atoms with van der Waals surface area (Å²) in [4.78, 5) is 11.9. The average Bonchev–Trinajstić information content (AvgIpc) is 2.73. The van der Waals surface area contributed by atoms with Crippen molar-refractivity contribution >= 4 is 16.7 Å². The van der Waals surface area contributed by atoms with Crippen molar-refractivity contribution in [3.63, 3.8) is 0 Å². The highest BCUT2D eigenvalue weighted by molar-refractivity contribution is 5.99. The van der Waals surface area contributed by atoms with Crippen molar-refractivity contribution in [3.8, 4) is 0 Å². The molecule has 0 spiro atoms. The van der Waals surface area contributed by atoms with Gasteiger partial charge in [-0.2, -0.15) is 0 Å². The third-order valence-corrected chi connectivity index (χ3v) is 3.67. The van der Waals surface area contributed by atoms with E-state index in [0.29, 0.717) is 19.1 Å². The van der Waals surface area contributed by atoms with Gasteiger partial charge in [-0.1, -0.05) is 25.5 Å². The van der Waals surface area contributed by atoms with Crippen LogP contribution in [0, 0.1) is 6.92 Å². The number of aromatic nitrogens is 1. The molecule has 0 aliphatic rings. The number of ether oxygens (including phenoxy) is 1. The van der Waals surface area contributed by atoms with Crippen molar-refractivity contribution in [1.82, 2.24) is 4.57 Å². The van der Waals surface area contributed by atoms with Crippen molar-refractivity contribution in [2.75, 3.05) is 13.7 Å². The zero-order valence-corrected chi connectivity index (χ0v) is 13.0. The molecule has 1 aromatic carbocycles. The Kier molecular flexibility index (Phi) is 4.29. The molecule has 0 saturated carbocycles. The molecule has 108 valence electrons. The highest BCUT2D eigenvalue weighted by Crippen LogP contribution is 2.30. The Morgan fingerprint density at radius 3 is 2.55 bits per heavy atom. The summed E-state index contributed by atoms with van der Waals surface area (Å²) in [6, 6.07) is 6.38. The van der Waals surface area contributed by atoms with E-state index in [1.54, 1.807) is 14.0 Å². The summed E-state index contributed by atoms with van der Waals surface area (Å²) in [5.74, 6) is 0.526. The summed E-state index contributed by atoms with van der Waals surface area (Å²) in [6.45, 7) is 9.42. The van der Waals surface area contributed by atoms with Crippen LogP contribution in [0.2, 0.25) is 0 Å². The van der Waals surface area contributed by atoms with Gasteiger partial charge in [-0.15, -0.1) is 0 Å². The van der Waals surface area contributed by atoms with Gasteiger partial charge in [0.2, 0.25) is 0 Å². The lowest BCUT2D eigenvalue weighted by molar-refractivity contribution is 0.100. The number of hydrogen-bond acceptors (Lipinski definition) is 2. The second kappa shape index (κ2) is 5.80. The number of aryl methyl sites for hydroxylation is 1. The summed E-state index contributed by atoms with van der Waals surface area (Å²) in [5, 5.41) is 1.15. The molecule has 0 saturated heterocycles. The molecule has 1 aromatic heterocycles. The molecular formula is C17H23NO2. The minimum absolute atomic E-state index is 0.102. The van der Waals surface area contributed by atoms with Crippen molar-refractivity contribution in [2.45, 2.75) is 40.2 Å². The normalized spacial score (nSPS) is 11.5. The van der Waals surface area contributed by atoms with Crippen LogP contribution in [0.4, 0.5) is 0 Å². The standard InChI is InChI=1S/C17H23NO2/c1-11(2)15-9-12(3)8-14-10-16(13(4)19)18(17(14)15)6-7-20-5/h8-11H,6-7H2,1-5H3. The van der Waals surface area contributed by atoms with Crippen LogP contribution in [0.5, 0.6) is 0 Å². The van der Waals surface area contributed by atoms with Crippen LogP contribution in [0.15, 0.2) is 18.2 Å². The average molecular weight is 273 g/mol. The van der Waals surface area contributed by atoms with E-state index in [0.717, 1.165) is 11.1 Å². The predicted octanol–water partition coefficient (Wildman–Crippen LogP) is 3.92. The number of carbonyl (C=O) groups excluding carboxylic acids is 1. The van der Waals surface area contributed by atoms with Gasteiger partial charge in [0.05, 0.1) is 17.8 Å². The Morgan fingerprint density at radius 2 is 2.00 bits per heavy atom. The van der Waals surface area contributed by atoms with Gasteiger partial charge < -0.3 is 9.30 Å². The molecule has 20 heavy (non-hydrogen) atoms. The van der Waals surface area contributed by atoms with Crippen molar-refractivity contribution < 1.29 is 9.53 Å². The minimum atomic E-state index is 0.102. The number of ketones is 1. The second-order valence-corrected chi connectivity index (χ2v) is 5.68. The van der Waals surface area contributed by atoms with E-state index in [1.807, 2.05) is 6.07 Å². The van der Waals surface area contributed by atoms with Crippen LogP contribution < -0.4 is 0 Å². The molecule has 3 heteroatoms. The molecule has 2 aromatic rings. The van der Waals surface area contributed by atoms with Gasteiger partial charge in [0.25, 0.3) is 0 Å². The largest absolute Gasteiger partial charge is 0.383 e. The van der Waals surface area contributed by atoms with Crippen LogP contribution in [0.1, 0.15) is 48.3 Å². The van der Waals surface area contributed by atoms with Crippen molar-refractivity contribution in [3.05, 3.63) is 35.0 Å². The van der Waals surface area contributed by atoms with Crippen LogP contribution >= 0.6 is 0 Å². The summed E-state index contributed by atoms with van der Waals surface area (Å²) in [6.07, 6.45) is 0. The van der Waals surface area contributed by atoms with E-state index >= 15 is 0 Å². The molecule has 0 atom stereocenters. The monoisotopic (exact) mass is 273 g/mol. The number of nitrogens with zero attached hydrogens (tertiary/aromatic N) is 1. The van der Waals surface area contributed by atoms with Gasteiger partial charge in [-0.05, 0) is 30.5 Å². The highest BCUT2D eigenvalue weighted by atomic mass is 16.5. The maximum absolute atomic E-state index is 11.9. The summed E-state index contributed by atoms with van der Waals surface area (Å²) >= 11 is 0. The number of benzene rings is 1. The maximum atomic E-state index is 11.9. The van der Waals surface area contributed by atoms with Gasteiger partial charge in [0.15, 0.2) is 5.78 Å². The number of rotatable bonds is 5. The number of hydrogen-bond donors (Lipinski definition) is 0. The number of fused-ring (bicyclic) bond motifs is 1. The van der Waals surface area contributed by atoms with Crippen molar-refractivity contribution in [1.29, 1.82) is 0 Å². The first-order chi connectivity index (χ1) is 9.45. The fourth-order valence-corrected chi connectivity index (χ4v) is 2.75. The van der Waals surface area contributed by atoms with Crippen LogP contribution in [0.3, 0.4) is 0 Å². The molecule has 2 rings (SSSR count). The number of Topliss-reactive ketones (excluding diaryl/α,β-unsaturated/α-hetero) is 1. The lowest BCUT2D eigenvalue weighted by Crippen LogP contribution is -2.11. The predicted molar refractivity (Wildman–Crippen MR) is 82.6 cm³/mol. The van der Waals surface area contributed by atoms with E-state index in [1.165, 1.54) is 16.6 Å². The van der Waals surface area contributed by atoms with E-state index in [-0.39, 0.29) is 5.78 Å². The number of carbonyl (C=O) groups is 1. The lowest BCUT2D eigenvalue weighted by atomic mass is 9.98. The molecule has 0 aliphatic heterocycles. The first-order valence-corrected chi connectivity index (χ1v) is 7.09. The zero-order valence-electron chi connectivity index (χ0n) is 13.0. The third kappa shape index (κ3) is 2.63. The van der Waals surface area contributed by atoms with E-state index in [4.69, 9.17) is 4.74 Å². The van der Waals surface area contributed by atoms with Crippen LogP contribution in [0.25, 0.3) is 10.9 Å². The first kappa shape index (κ1) is 14.8. The Bertz CT molecular complexity index is 638. The van der Waals surface area contributed by atoms with E-state index < -0.39 is 0 Å². The maximum Gasteiger partial charge on any atom is 0.176 e. The SMILES string of the molecule is COCCn1c(C(C)=O)cc2cc(C)cc(C(C)C)c21. The first-order valence-electron chi connectivity index (χ1n) is 7.09. The third-order valence-electron chi connectivity index (χ3n) is 3.67. The summed E-state index contributed by atoms with van der Waals surface area (Å²) in [7, 11) is 1.69. The van der Waals surface area contributed by atoms with Gasteiger partial charge in [-0.25, -0.2) is 0 Å². The summed E-state index contributed by atoms with van der Waals surface area (Å²) in [5.41, 5.74) is 4.47.